The summed E-state index contributed by atoms with van der Waals surface area (Å²) in [6, 6.07) is 3.82. The summed E-state index contributed by atoms with van der Waals surface area (Å²) < 4.78 is 10.6. The fraction of sp³-hybridized carbons (Fsp3) is 0.455. The largest absolute Gasteiger partial charge is 0.496 e. The Balaban J connectivity index is 2.52. The van der Waals surface area contributed by atoms with Crippen LogP contribution in [0.15, 0.2) is 12.1 Å². The Morgan fingerprint density at radius 1 is 1.53 bits per heavy atom. The van der Waals surface area contributed by atoms with E-state index in [0.717, 1.165) is 16.7 Å². The Bertz CT molecular complexity index is 365. The van der Waals surface area contributed by atoms with E-state index in [2.05, 4.69) is 0 Å². The molecule has 4 nitrogen and oxygen atoms in total. The van der Waals surface area contributed by atoms with Crippen LogP contribution in [0.3, 0.4) is 0 Å². The molecule has 1 atom stereocenters. The standard InChI is InChI=1S/C11H15NO3/c1-14-10-3-2-7-5-15-6-8(7)11(10)9(13)4-12/h2-3,9,13H,4-6,12H2,1H3. The van der Waals surface area contributed by atoms with Gasteiger partial charge in [-0.2, -0.15) is 0 Å². The summed E-state index contributed by atoms with van der Waals surface area (Å²) in [4.78, 5) is 0. The van der Waals surface area contributed by atoms with Gasteiger partial charge in [0.2, 0.25) is 0 Å². The fourth-order valence-electron chi connectivity index (χ4n) is 1.92. The zero-order valence-electron chi connectivity index (χ0n) is 8.69. The van der Waals surface area contributed by atoms with Gasteiger partial charge < -0.3 is 20.3 Å². The van der Waals surface area contributed by atoms with Crippen molar-refractivity contribution >= 4 is 0 Å². The van der Waals surface area contributed by atoms with Crippen LogP contribution in [0, 0.1) is 0 Å². The van der Waals surface area contributed by atoms with Crippen LogP contribution in [-0.2, 0) is 18.0 Å². The summed E-state index contributed by atoms with van der Waals surface area (Å²) >= 11 is 0. The normalized spacial score (nSPS) is 16.2. The number of methoxy groups -OCH3 is 1. The molecule has 0 radical (unpaired) electrons. The summed E-state index contributed by atoms with van der Waals surface area (Å²) in [6.45, 7) is 1.31. The lowest BCUT2D eigenvalue weighted by Gasteiger charge is -2.16. The molecule has 3 N–H and O–H groups in total. The predicted octanol–water partition coefficient (Wildman–Crippen LogP) is 0.718. The third-order valence-electron chi connectivity index (χ3n) is 2.69. The van der Waals surface area contributed by atoms with Crippen molar-refractivity contribution in [3.05, 3.63) is 28.8 Å². The topological polar surface area (TPSA) is 64.7 Å². The Morgan fingerprint density at radius 2 is 2.33 bits per heavy atom. The number of hydrogen-bond donors (Lipinski definition) is 2. The Hall–Kier alpha value is -1.10. The first-order valence-electron chi connectivity index (χ1n) is 4.92. The molecule has 82 valence electrons. The summed E-state index contributed by atoms with van der Waals surface area (Å²) in [5, 5.41) is 9.84. The highest BCUT2D eigenvalue weighted by atomic mass is 16.5. The maximum atomic E-state index is 9.84. The van der Waals surface area contributed by atoms with Crippen LogP contribution in [0.1, 0.15) is 22.8 Å². The zero-order valence-corrected chi connectivity index (χ0v) is 8.69. The van der Waals surface area contributed by atoms with E-state index in [9.17, 15) is 5.11 Å². The van der Waals surface area contributed by atoms with Gasteiger partial charge in [0.1, 0.15) is 5.75 Å². The van der Waals surface area contributed by atoms with Gasteiger partial charge in [-0.05, 0) is 17.2 Å². The first-order chi connectivity index (χ1) is 7.27. The van der Waals surface area contributed by atoms with E-state index in [4.69, 9.17) is 15.2 Å². The van der Waals surface area contributed by atoms with E-state index in [1.165, 1.54) is 0 Å². The van der Waals surface area contributed by atoms with Crippen molar-refractivity contribution in [1.29, 1.82) is 0 Å². The number of aliphatic hydroxyl groups is 1. The SMILES string of the molecule is COc1ccc2c(c1C(O)CN)COC2. The van der Waals surface area contributed by atoms with Crippen LogP contribution >= 0.6 is 0 Å². The van der Waals surface area contributed by atoms with Gasteiger partial charge in [0, 0.05) is 12.1 Å². The smallest absolute Gasteiger partial charge is 0.125 e. The first-order valence-corrected chi connectivity index (χ1v) is 4.92. The lowest BCUT2D eigenvalue weighted by Crippen LogP contribution is -2.14. The lowest BCUT2D eigenvalue weighted by molar-refractivity contribution is 0.131. The van der Waals surface area contributed by atoms with Crippen molar-refractivity contribution in [3.63, 3.8) is 0 Å². The number of ether oxygens (including phenoxy) is 2. The van der Waals surface area contributed by atoms with Gasteiger partial charge in [-0.3, -0.25) is 0 Å². The molecular weight excluding hydrogens is 194 g/mol. The predicted molar refractivity (Wildman–Crippen MR) is 55.5 cm³/mol. The van der Waals surface area contributed by atoms with Crippen LogP contribution in [0.4, 0.5) is 0 Å². The van der Waals surface area contributed by atoms with Gasteiger partial charge in [0.15, 0.2) is 0 Å². The number of hydrogen-bond acceptors (Lipinski definition) is 4. The minimum atomic E-state index is -0.684. The molecule has 4 heteroatoms. The molecule has 0 fully saturated rings. The van der Waals surface area contributed by atoms with Crippen molar-refractivity contribution < 1.29 is 14.6 Å². The van der Waals surface area contributed by atoms with E-state index >= 15 is 0 Å². The molecule has 1 aromatic carbocycles. The summed E-state index contributed by atoms with van der Waals surface area (Å²) in [7, 11) is 1.59. The lowest BCUT2D eigenvalue weighted by atomic mass is 9.98. The van der Waals surface area contributed by atoms with Gasteiger partial charge in [-0.25, -0.2) is 0 Å². The average molecular weight is 209 g/mol. The third kappa shape index (κ3) is 1.71. The molecule has 1 aromatic rings. The highest BCUT2D eigenvalue weighted by Gasteiger charge is 2.23. The van der Waals surface area contributed by atoms with Crippen LogP contribution in [-0.4, -0.2) is 18.8 Å². The van der Waals surface area contributed by atoms with Gasteiger partial charge >= 0.3 is 0 Å². The minimum Gasteiger partial charge on any atom is -0.496 e. The molecule has 1 aliphatic rings. The minimum absolute atomic E-state index is 0.187. The van der Waals surface area contributed by atoms with Crippen LogP contribution in [0.2, 0.25) is 0 Å². The maximum absolute atomic E-state index is 9.84. The highest BCUT2D eigenvalue weighted by Crippen LogP contribution is 2.34. The fourth-order valence-corrected chi connectivity index (χ4v) is 1.92. The molecule has 0 amide bonds. The molecule has 1 unspecified atom stereocenters. The monoisotopic (exact) mass is 209 g/mol. The van der Waals surface area contributed by atoms with Gasteiger partial charge in [0.25, 0.3) is 0 Å². The second-order valence-electron chi connectivity index (χ2n) is 3.56. The summed E-state index contributed by atoms with van der Waals surface area (Å²) in [6.07, 6.45) is -0.684. The highest BCUT2D eigenvalue weighted by molar-refractivity contribution is 5.47. The number of benzene rings is 1. The Kier molecular flexibility index (Phi) is 2.90. The molecule has 1 aliphatic heterocycles. The van der Waals surface area contributed by atoms with Crippen molar-refractivity contribution in [1.82, 2.24) is 0 Å². The van der Waals surface area contributed by atoms with Crippen LogP contribution in [0.25, 0.3) is 0 Å². The molecule has 0 aliphatic carbocycles. The summed E-state index contributed by atoms with van der Waals surface area (Å²) in [5.74, 6) is 0.678. The van der Waals surface area contributed by atoms with Crippen molar-refractivity contribution in [3.8, 4) is 5.75 Å². The van der Waals surface area contributed by atoms with Gasteiger partial charge in [-0.15, -0.1) is 0 Å². The molecule has 15 heavy (non-hydrogen) atoms. The second-order valence-corrected chi connectivity index (χ2v) is 3.56. The first kappa shape index (κ1) is 10.4. The number of nitrogens with two attached hydrogens (primary N) is 1. The van der Waals surface area contributed by atoms with Gasteiger partial charge in [-0.1, -0.05) is 6.07 Å². The van der Waals surface area contributed by atoms with E-state index in [1.54, 1.807) is 7.11 Å². The molecular formula is C11H15NO3. The number of rotatable bonds is 3. The van der Waals surface area contributed by atoms with Crippen molar-refractivity contribution in [2.75, 3.05) is 13.7 Å². The van der Waals surface area contributed by atoms with E-state index < -0.39 is 6.10 Å². The Labute approximate surface area is 88.6 Å². The van der Waals surface area contributed by atoms with Crippen molar-refractivity contribution in [2.24, 2.45) is 5.73 Å². The van der Waals surface area contributed by atoms with Gasteiger partial charge in [0.05, 0.1) is 26.4 Å². The summed E-state index contributed by atoms with van der Waals surface area (Å²) in [5.41, 5.74) is 8.38. The second kappa shape index (κ2) is 4.18. The molecule has 1 heterocycles. The molecule has 0 aromatic heterocycles. The number of aliphatic hydroxyl groups excluding tert-OH is 1. The van der Waals surface area contributed by atoms with Crippen molar-refractivity contribution in [2.45, 2.75) is 19.3 Å². The Morgan fingerprint density at radius 3 is 3.00 bits per heavy atom. The van der Waals surface area contributed by atoms with Crippen LogP contribution in [0.5, 0.6) is 5.75 Å². The average Bonchev–Trinajstić information content (AvgIpc) is 2.74. The zero-order chi connectivity index (χ0) is 10.8. The number of fused-ring (bicyclic) bond motifs is 1. The molecule has 2 rings (SSSR count). The van der Waals surface area contributed by atoms with Crippen LogP contribution < -0.4 is 10.5 Å². The van der Waals surface area contributed by atoms with E-state index in [1.807, 2.05) is 12.1 Å². The molecule has 0 spiro atoms. The quantitative estimate of drug-likeness (QED) is 0.769. The molecule has 0 bridgehead atoms. The molecule has 0 saturated heterocycles. The van der Waals surface area contributed by atoms with E-state index in [0.29, 0.717) is 19.0 Å². The molecule has 0 saturated carbocycles. The maximum Gasteiger partial charge on any atom is 0.125 e. The van der Waals surface area contributed by atoms with E-state index in [-0.39, 0.29) is 6.54 Å². The third-order valence-corrected chi connectivity index (χ3v) is 2.69.